The van der Waals surface area contributed by atoms with Crippen LogP contribution in [-0.4, -0.2) is 28.8 Å². The molecule has 23 heavy (non-hydrogen) atoms. The number of esters is 1. The highest BCUT2D eigenvalue weighted by Gasteiger charge is 2.55. The summed E-state index contributed by atoms with van der Waals surface area (Å²) in [7, 11) is 0. The number of nitrogens with zero attached hydrogens (tertiary/aromatic N) is 1. The summed E-state index contributed by atoms with van der Waals surface area (Å²) < 4.78 is 5.97. The summed E-state index contributed by atoms with van der Waals surface area (Å²) >= 11 is 1.93. The molecule has 4 aliphatic rings. The first-order chi connectivity index (χ1) is 11.3. The minimum Gasteiger partial charge on any atom is -0.462 e. The Labute approximate surface area is 142 Å². The van der Waals surface area contributed by atoms with E-state index in [1.807, 2.05) is 18.0 Å². The fourth-order valence-electron chi connectivity index (χ4n) is 4.52. The summed E-state index contributed by atoms with van der Waals surface area (Å²) in [5.74, 6) is 1.31. The molecule has 4 heteroatoms. The van der Waals surface area contributed by atoms with Crippen LogP contribution in [0.15, 0.2) is 28.9 Å². The average Bonchev–Trinajstić information content (AvgIpc) is 2.75. The molecule has 2 heterocycles. The molecule has 0 N–H and O–H groups in total. The molecule has 2 aliphatic carbocycles. The second-order valence-corrected chi connectivity index (χ2v) is 8.55. The van der Waals surface area contributed by atoms with E-state index in [9.17, 15) is 4.79 Å². The van der Waals surface area contributed by atoms with Gasteiger partial charge in [-0.2, -0.15) is 0 Å². The largest absolute Gasteiger partial charge is 0.462 e. The van der Waals surface area contributed by atoms with E-state index in [1.165, 1.54) is 25.7 Å². The smallest absolute Gasteiger partial charge is 0.310 e. The van der Waals surface area contributed by atoms with Crippen LogP contribution in [-0.2, 0) is 9.53 Å². The van der Waals surface area contributed by atoms with Crippen molar-refractivity contribution in [2.75, 3.05) is 5.75 Å². The molecule has 0 amide bonds. The molecule has 2 aliphatic heterocycles. The number of allylic oxidation sites excluding steroid dienone is 3. The lowest BCUT2D eigenvalue weighted by Gasteiger charge is -2.39. The van der Waals surface area contributed by atoms with Gasteiger partial charge in [0, 0.05) is 12.0 Å². The number of thioether (sulfide) groups is 1. The molecule has 4 rings (SSSR count). The number of ether oxygens (including phenoxy) is 1. The van der Waals surface area contributed by atoms with Crippen molar-refractivity contribution in [3.05, 3.63) is 23.9 Å². The maximum Gasteiger partial charge on any atom is 0.310 e. The van der Waals surface area contributed by atoms with Crippen LogP contribution in [0, 0.1) is 11.8 Å². The fraction of sp³-hybridized carbons (Fsp3) is 0.684. The van der Waals surface area contributed by atoms with Crippen LogP contribution in [0.25, 0.3) is 0 Å². The van der Waals surface area contributed by atoms with E-state index in [0.29, 0.717) is 5.92 Å². The Morgan fingerprint density at radius 3 is 2.91 bits per heavy atom. The Bertz CT molecular complexity index is 560. The molecule has 0 radical (unpaired) electrons. The van der Waals surface area contributed by atoms with Gasteiger partial charge < -0.3 is 4.74 Å². The van der Waals surface area contributed by atoms with Crippen LogP contribution in [0.4, 0.5) is 0 Å². The highest BCUT2D eigenvalue weighted by Crippen LogP contribution is 2.57. The average molecular weight is 331 g/mol. The molecule has 0 bridgehead atoms. The topological polar surface area (TPSA) is 38.7 Å². The maximum atomic E-state index is 12.8. The van der Waals surface area contributed by atoms with Crippen LogP contribution >= 0.6 is 11.8 Å². The lowest BCUT2D eigenvalue weighted by Crippen LogP contribution is -2.41. The van der Waals surface area contributed by atoms with Crippen molar-refractivity contribution < 1.29 is 9.53 Å². The van der Waals surface area contributed by atoms with E-state index in [2.05, 4.69) is 23.2 Å². The van der Waals surface area contributed by atoms with E-state index in [-0.39, 0.29) is 22.7 Å². The van der Waals surface area contributed by atoms with Gasteiger partial charge in [-0.15, -0.1) is 11.8 Å². The van der Waals surface area contributed by atoms with Crippen molar-refractivity contribution in [3.63, 3.8) is 0 Å². The molecule has 1 saturated heterocycles. The van der Waals surface area contributed by atoms with Crippen molar-refractivity contribution in [2.45, 2.75) is 62.2 Å². The highest BCUT2D eigenvalue weighted by molar-refractivity contribution is 8.01. The molecule has 0 aromatic rings. The van der Waals surface area contributed by atoms with Crippen LogP contribution in [0.2, 0.25) is 0 Å². The monoisotopic (exact) mass is 331 g/mol. The zero-order valence-corrected chi connectivity index (χ0v) is 14.4. The predicted molar refractivity (Wildman–Crippen MR) is 94.7 cm³/mol. The lowest BCUT2D eigenvalue weighted by atomic mass is 9.74. The Kier molecular flexibility index (Phi) is 4.35. The van der Waals surface area contributed by atoms with E-state index in [0.717, 1.165) is 37.1 Å². The molecule has 124 valence electrons. The number of rotatable bonds is 2. The molecule has 3 unspecified atom stereocenters. The molecule has 0 aromatic heterocycles. The van der Waals surface area contributed by atoms with Gasteiger partial charge in [-0.1, -0.05) is 25.0 Å². The molecule has 1 spiro atoms. The second-order valence-electron chi connectivity index (χ2n) is 7.20. The quantitative estimate of drug-likeness (QED) is 0.560. The van der Waals surface area contributed by atoms with Crippen molar-refractivity contribution in [3.8, 4) is 0 Å². The standard InChI is InChI=1S/C19H25NO2S/c21-18(22-14-7-3-1-2-4-8-14)15-13-23-19-11-6-5-9-17(19)20-12-10-16(15)19/h5-6,9,12,14-16H,1-4,7-8,10-11,13H2. The minimum absolute atomic E-state index is 0.0244. The first kappa shape index (κ1) is 15.5. The lowest BCUT2D eigenvalue weighted by molar-refractivity contribution is -0.155. The Morgan fingerprint density at radius 2 is 2.09 bits per heavy atom. The van der Waals surface area contributed by atoms with E-state index in [4.69, 9.17) is 4.74 Å². The molecule has 0 aromatic carbocycles. The zero-order chi connectivity index (χ0) is 15.7. The summed E-state index contributed by atoms with van der Waals surface area (Å²) in [6, 6.07) is 0. The predicted octanol–water partition coefficient (Wildman–Crippen LogP) is 4.29. The summed E-state index contributed by atoms with van der Waals surface area (Å²) in [6.07, 6.45) is 17.6. The molecular weight excluding hydrogens is 306 g/mol. The van der Waals surface area contributed by atoms with Crippen LogP contribution in [0.5, 0.6) is 0 Å². The second kappa shape index (κ2) is 6.46. The first-order valence-corrected chi connectivity index (χ1v) is 10.0. The van der Waals surface area contributed by atoms with Gasteiger partial charge in [-0.05, 0) is 50.5 Å². The number of hydrogen-bond acceptors (Lipinski definition) is 4. The number of carbonyl (C=O) groups excluding carboxylic acids is 1. The van der Waals surface area contributed by atoms with Crippen molar-refractivity contribution in [1.82, 2.24) is 0 Å². The Morgan fingerprint density at radius 1 is 1.26 bits per heavy atom. The summed E-state index contributed by atoms with van der Waals surface area (Å²) in [6.45, 7) is 0. The van der Waals surface area contributed by atoms with Gasteiger partial charge in [0.2, 0.25) is 0 Å². The molecule has 1 saturated carbocycles. The molecule has 3 atom stereocenters. The Balaban J connectivity index is 1.48. The van der Waals surface area contributed by atoms with Crippen LogP contribution < -0.4 is 0 Å². The van der Waals surface area contributed by atoms with Gasteiger partial charge >= 0.3 is 5.97 Å². The molecule has 2 fully saturated rings. The third-order valence-corrected chi connectivity index (χ3v) is 7.55. The summed E-state index contributed by atoms with van der Waals surface area (Å²) in [5.41, 5.74) is 1.16. The third-order valence-electron chi connectivity index (χ3n) is 5.83. The van der Waals surface area contributed by atoms with E-state index < -0.39 is 0 Å². The van der Waals surface area contributed by atoms with E-state index in [1.54, 1.807) is 0 Å². The maximum absolute atomic E-state index is 12.8. The zero-order valence-electron chi connectivity index (χ0n) is 13.6. The van der Waals surface area contributed by atoms with Crippen LogP contribution in [0.3, 0.4) is 0 Å². The van der Waals surface area contributed by atoms with Crippen molar-refractivity contribution >= 4 is 23.9 Å². The van der Waals surface area contributed by atoms with Gasteiger partial charge in [0.15, 0.2) is 0 Å². The summed E-state index contributed by atoms with van der Waals surface area (Å²) in [5, 5.41) is 0. The van der Waals surface area contributed by atoms with E-state index >= 15 is 0 Å². The minimum atomic E-state index is 0.0244. The number of hydrogen-bond donors (Lipinski definition) is 0. The van der Waals surface area contributed by atoms with Gasteiger partial charge in [-0.3, -0.25) is 9.79 Å². The first-order valence-electron chi connectivity index (χ1n) is 9.04. The SMILES string of the molecule is O=C(OC1CCCCCC1)C1CSC23CC=CC=C2N=CCC13. The normalized spacial score (nSPS) is 36.8. The van der Waals surface area contributed by atoms with Crippen molar-refractivity contribution in [2.24, 2.45) is 16.8 Å². The number of aliphatic imine (C=N–C) groups is 1. The third kappa shape index (κ3) is 2.79. The number of carbonyl (C=O) groups is 1. The van der Waals surface area contributed by atoms with Gasteiger partial charge in [0.05, 0.1) is 16.4 Å². The van der Waals surface area contributed by atoms with Crippen LogP contribution in [0.1, 0.15) is 51.4 Å². The van der Waals surface area contributed by atoms with Crippen molar-refractivity contribution in [1.29, 1.82) is 0 Å². The Hall–Kier alpha value is -1.03. The van der Waals surface area contributed by atoms with Gasteiger partial charge in [0.25, 0.3) is 0 Å². The molecular formula is C19H25NO2S. The highest BCUT2D eigenvalue weighted by atomic mass is 32.2. The fourth-order valence-corrected chi connectivity index (χ4v) is 6.33. The molecule has 3 nitrogen and oxygen atoms in total. The van der Waals surface area contributed by atoms with Gasteiger partial charge in [0.1, 0.15) is 6.10 Å². The summed E-state index contributed by atoms with van der Waals surface area (Å²) in [4.78, 5) is 17.5. The van der Waals surface area contributed by atoms with Gasteiger partial charge in [-0.25, -0.2) is 0 Å².